The number of tetrazole rings is 1. The molecule has 0 aliphatic carbocycles. The SMILES string of the molecule is FC(F)(F)c1cccc(-c2noc(-c3ccc(NCc4nn[nH]n4)nc3)n2)c1. The number of aromatic amines is 1. The first-order valence-corrected chi connectivity index (χ1v) is 7.93. The number of aromatic nitrogens is 7. The molecule has 0 unspecified atom stereocenters. The van der Waals surface area contributed by atoms with Gasteiger partial charge in [0.15, 0.2) is 5.82 Å². The first kappa shape index (κ1) is 17.6. The van der Waals surface area contributed by atoms with Crippen molar-refractivity contribution in [1.29, 1.82) is 0 Å². The van der Waals surface area contributed by atoms with Gasteiger partial charge in [-0.05, 0) is 24.3 Å². The van der Waals surface area contributed by atoms with Crippen molar-refractivity contribution in [3.8, 4) is 22.8 Å². The van der Waals surface area contributed by atoms with Crippen LogP contribution < -0.4 is 5.32 Å². The van der Waals surface area contributed by atoms with Gasteiger partial charge in [0.25, 0.3) is 5.89 Å². The zero-order valence-corrected chi connectivity index (χ0v) is 14.0. The molecular formula is C16H11F3N8O. The molecule has 1 aromatic carbocycles. The fourth-order valence-corrected chi connectivity index (χ4v) is 2.34. The van der Waals surface area contributed by atoms with Crippen LogP contribution in [0.25, 0.3) is 22.8 Å². The Morgan fingerprint density at radius 2 is 2.00 bits per heavy atom. The minimum atomic E-state index is -4.45. The maximum atomic E-state index is 12.9. The molecular weight excluding hydrogens is 377 g/mol. The summed E-state index contributed by atoms with van der Waals surface area (Å²) in [5.74, 6) is 1.24. The van der Waals surface area contributed by atoms with Crippen LogP contribution in [0.3, 0.4) is 0 Å². The first-order valence-electron chi connectivity index (χ1n) is 7.93. The van der Waals surface area contributed by atoms with Crippen LogP contribution in [0.4, 0.5) is 19.0 Å². The molecule has 9 nitrogen and oxygen atoms in total. The van der Waals surface area contributed by atoms with Crippen molar-refractivity contribution >= 4 is 5.82 Å². The van der Waals surface area contributed by atoms with E-state index in [4.69, 9.17) is 4.52 Å². The lowest BCUT2D eigenvalue weighted by Crippen LogP contribution is -2.04. The smallest absolute Gasteiger partial charge is 0.363 e. The van der Waals surface area contributed by atoms with Gasteiger partial charge in [-0.15, -0.1) is 10.2 Å². The van der Waals surface area contributed by atoms with Crippen LogP contribution in [0, 0.1) is 0 Å². The summed E-state index contributed by atoms with van der Waals surface area (Å²) in [5, 5.41) is 20.2. The van der Waals surface area contributed by atoms with Crippen molar-refractivity contribution in [3.05, 3.63) is 54.0 Å². The number of rotatable bonds is 5. The van der Waals surface area contributed by atoms with E-state index in [1.807, 2.05) is 0 Å². The summed E-state index contributed by atoms with van der Waals surface area (Å²) >= 11 is 0. The molecule has 0 aliphatic heterocycles. The third-order valence-electron chi connectivity index (χ3n) is 3.70. The van der Waals surface area contributed by atoms with Crippen molar-refractivity contribution in [2.75, 3.05) is 5.32 Å². The number of H-pyrrole nitrogens is 1. The van der Waals surface area contributed by atoms with Gasteiger partial charge in [0.05, 0.1) is 17.7 Å². The molecule has 0 aliphatic rings. The molecule has 142 valence electrons. The number of benzene rings is 1. The second kappa shape index (κ2) is 7.06. The highest BCUT2D eigenvalue weighted by molar-refractivity contribution is 5.60. The lowest BCUT2D eigenvalue weighted by atomic mass is 10.1. The number of pyridine rings is 1. The van der Waals surface area contributed by atoms with Crippen molar-refractivity contribution in [2.24, 2.45) is 0 Å². The lowest BCUT2D eigenvalue weighted by Gasteiger charge is -2.06. The molecule has 3 aromatic heterocycles. The first-order chi connectivity index (χ1) is 13.5. The second-order valence-electron chi connectivity index (χ2n) is 5.62. The van der Waals surface area contributed by atoms with Crippen LogP contribution in [0.5, 0.6) is 0 Å². The number of nitrogens with zero attached hydrogens (tertiary/aromatic N) is 6. The molecule has 28 heavy (non-hydrogen) atoms. The summed E-state index contributed by atoms with van der Waals surface area (Å²) in [6.07, 6.45) is -2.95. The molecule has 4 aromatic rings. The Bertz CT molecular complexity index is 1060. The third kappa shape index (κ3) is 3.79. The van der Waals surface area contributed by atoms with E-state index in [-0.39, 0.29) is 17.3 Å². The third-order valence-corrected chi connectivity index (χ3v) is 3.70. The zero-order chi connectivity index (χ0) is 19.6. The molecule has 4 rings (SSSR count). The van der Waals surface area contributed by atoms with Crippen LogP contribution >= 0.6 is 0 Å². The van der Waals surface area contributed by atoms with E-state index in [9.17, 15) is 13.2 Å². The monoisotopic (exact) mass is 388 g/mol. The number of halogens is 3. The molecule has 0 fully saturated rings. The normalized spacial score (nSPS) is 11.5. The standard InChI is InChI=1S/C16H11F3N8O/c17-16(18,19)11-3-1-2-9(6-11)14-22-15(28-25-14)10-4-5-12(20-7-10)21-8-13-23-26-27-24-13/h1-7H,8H2,(H,20,21)(H,23,24,26,27). The molecule has 0 amide bonds. The molecule has 0 saturated carbocycles. The van der Waals surface area contributed by atoms with Crippen molar-refractivity contribution in [3.63, 3.8) is 0 Å². The molecule has 0 radical (unpaired) electrons. The summed E-state index contributed by atoms with van der Waals surface area (Å²) in [4.78, 5) is 8.36. The van der Waals surface area contributed by atoms with Gasteiger partial charge in [-0.1, -0.05) is 22.5 Å². The van der Waals surface area contributed by atoms with E-state index in [0.29, 0.717) is 23.8 Å². The Morgan fingerprint density at radius 1 is 1.11 bits per heavy atom. The van der Waals surface area contributed by atoms with Gasteiger partial charge in [-0.2, -0.15) is 23.4 Å². The van der Waals surface area contributed by atoms with Crippen LogP contribution in [0.2, 0.25) is 0 Å². The number of hydrogen-bond donors (Lipinski definition) is 2. The molecule has 0 bridgehead atoms. The van der Waals surface area contributed by atoms with Gasteiger partial charge < -0.3 is 9.84 Å². The van der Waals surface area contributed by atoms with Gasteiger partial charge in [-0.3, -0.25) is 0 Å². The molecule has 0 spiro atoms. The Morgan fingerprint density at radius 3 is 2.71 bits per heavy atom. The Balaban J connectivity index is 1.50. The summed E-state index contributed by atoms with van der Waals surface area (Å²) in [7, 11) is 0. The van der Waals surface area contributed by atoms with Gasteiger partial charge in [0.1, 0.15) is 5.82 Å². The lowest BCUT2D eigenvalue weighted by molar-refractivity contribution is -0.137. The van der Waals surface area contributed by atoms with E-state index in [2.05, 4.69) is 41.1 Å². The Labute approximate surface area is 155 Å². The van der Waals surface area contributed by atoms with Crippen LogP contribution in [-0.4, -0.2) is 35.7 Å². The number of anilines is 1. The fourth-order valence-electron chi connectivity index (χ4n) is 2.34. The van der Waals surface area contributed by atoms with E-state index < -0.39 is 11.7 Å². The van der Waals surface area contributed by atoms with Crippen molar-refractivity contribution in [2.45, 2.75) is 12.7 Å². The molecule has 2 N–H and O–H groups in total. The van der Waals surface area contributed by atoms with Crippen LogP contribution in [-0.2, 0) is 12.7 Å². The summed E-state index contributed by atoms with van der Waals surface area (Å²) in [5.41, 5.74) is -0.0536. The van der Waals surface area contributed by atoms with E-state index in [1.54, 1.807) is 12.1 Å². The topological polar surface area (TPSA) is 118 Å². The minimum absolute atomic E-state index is 0.0559. The highest BCUT2D eigenvalue weighted by Crippen LogP contribution is 2.32. The highest BCUT2D eigenvalue weighted by Gasteiger charge is 2.30. The largest absolute Gasteiger partial charge is 0.416 e. The Hall–Kier alpha value is -3.83. The van der Waals surface area contributed by atoms with Crippen molar-refractivity contribution < 1.29 is 17.7 Å². The second-order valence-corrected chi connectivity index (χ2v) is 5.62. The van der Waals surface area contributed by atoms with Crippen LogP contribution in [0.1, 0.15) is 11.4 Å². The van der Waals surface area contributed by atoms with Gasteiger partial charge in [0.2, 0.25) is 5.82 Å². The summed E-state index contributed by atoms with van der Waals surface area (Å²) < 4.78 is 43.7. The predicted molar refractivity (Wildman–Crippen MR) is 89.5 cm³/mol. The number of alkyl halides is 3. The van der Waals surface area contributed by atoms with Gasteiger partial charge in [0, 0.05) is 11.8 Å². The molecule has 12 heteroatoms. The number of hydrogen-bond acceptors (Lipinski definition) is 8. The maximum Gasteiger partial charge on any atom is 0.416 e. The molecule has 0 saturated heterocycles. The molecule has 3 heterocycles. The van der Waals surface area contributed by atoms with E-state index in [1.165, 1.54) is 18.3 Å². The van der Waals surface area contributed by atoms with Crippen LogP contribution in [0.15, 0.2) is 47.1 Å². The fraction of sp³-hybridized carbons (Fsp3) is 0.125. The highest BCUT2D eigenvalue weighted by atomic mass is 19.4. The summed E-state index contributed by atoms with van der Waals surface area (Å²) in [6, 6.07) is 8.10. The average Bonchev–Trinajstić information content (AvgIpc) is 3.38. The predicted octanol–water partition coefficient (Wildman–Crippen LogP) is 2.94. The quantitative estimate of drug-likeness (QED) is 0.536. The number of nitrogens with one attached hydrogen (secondary N) is 2. The van der Waals surface area contributed by atoms with E-state index >= 15 is 0 Å². The van der Waals surface area contributed by atoms with Gasteiger partial charge >= 0.3 is 6.18 Å². The average molecular weight is 388 g/mol. The maximum absolute atomic E-state index is 12.9. The zero-order valence-electron chi connectivity index (χ0n) is 14.0. The molecule has 0 atom stereocenters. The van der Waals surface area contributed by atoms with Crippen molar-refractivity contribution in [1.82, 2.24) is 35.7 Å². The van der Waals surface area contributed by atoms with E-state index in [0.717, 1.165) is 12.1 Å². The van der Waals surface area contributed by atoms with Gasteiger partial charge in [-0.25, -0.2) is 4.98 Å². The summed E-state index contributed by atoms with van der Waals surface area (Å²) in [6.45, 7) is 0.336. The Kier molecular flexibility index (Phi) is 4.43. The minimum Gasteiger partial charge on any atom is -0.363 e.